The molecule has 9 heteroatoms. The van der Waals surface area contributed by atoms with Gasteiger partial charge in [0.25, 0.3) is 0 Å². The van der Waals surface area contributed by atoms with Gasteiger partial charge in [0, 0.05) is 56.6 Å². The number of halogens is 3. The molecule has 0 spiro atoms. The molecular weight excluding hydrogens is 1090 g/mol. The van der Waals surface area contributed by atoms with Crippen LogP contribution in [0.2, 0.25) is 0 Å². The summed E-state index contributed by atoms with van der Waals surface area (Å²) >= 11 is 9.31. The molecule has 4 heterocycles. The number of hydrogen-bond donors (Lipinski definition) is 0. The average molecular weight is 1140 g/mol. The van der Waals surface area contributed by atoms with Crippen molar-refractivity contribution in [1.29, 1.82) is 0 Å². The third kappa shape index (κ3) is 9.92. The van der Waals surface area contributed by atoms with E-state index in [0.29, 0.717) is 0 Å². The Hall–Kier alpha value is -6.23. The molecule has 14 rings (SSSR count). The van der Waals surface area contributed by atoms with Gasteiger partial charge in [0.1, 0.15) is 0 Å². The Bertz CT molecular complexity index is 3380. The molecule has 0 N–H and O–H groups in total. The van der Waals surface area contributed by atoms with Gasteiger partial charge in [0.05, 0.1) is 0 Å². The van der Waals surface area contributed by atoms with Crippen LogP contribution in [-0.4, -0.2) is 10.0 Å². The van der Waals surface area contributed by atoms with Crippen molar-refractivity contribution in [3.8, 4) is 44.5 Å². The Morgan fingerprint density at radius 2 is 0.743 bits per heavy atom. The van der Waals surface area contributed by atoms with Crippen LogP contribution in [0.25, 0.3) is 44.5 Å². The van der Waals surface area contributed by atoms with Crippen LogP contribution in [0.15, 0.2) is 243 Å². The van der Waals surface area contributed by atoms with Gasteiger partial charge in [-0.2, -0.15) is 6.42 Å². The van der Waals surface area contributed by atoms with Crippen LogP contribution in [-0.2, 0) is 6.42 Å². The summed E-state index contributed by atoms with van der Waals surface area (Å²) in [5.74, 6) is 0. The van der Waals surface area contributed by atoms with E-state index in [1.165, 1.54) is 101 Å². The molecule has 10 aromatic carbocycles. The third-order valence-electron chi connectivity index (χ3n) is 14.0. The van der Waals surface area contributed by atoms with Gasteiger partial charge in [0.2, 0.25) is 0 Å². The predicted octanol–water partition coefficient (Wildman–Crippen LogP) is 15.5. The second kappa shape index (κ2) is 23.1. The first-order valence-corrected chi connectivity index (χ1v) is 27.7. The van der Waals surface area contributed by atoms with Crippen LogP contribution < -0.4 is 44.4 Å². The molecule has 0 saturated heterocycles. The first kappa shape index (κ1) is 51.3. The van der Waals surface area contributed by atoms with Crippen molar-refractivity contribution in [3.63, 3.8) is 0 Å². The zero-order valence-corrected chi connectivity index (χ0v) is 46.3. The quantitative estimate of drug-likeness (QED) is 0.129. The number of nitrogens with zero attached hydrogens (tertiary/aromatic N) is 3. The van der Waals surface area contributed by atoms with Crippen LogP contribution in [0.5, 0.6) is 0 Å². The molecule has 0 aromatic heterocycles. The van der Waals surface area contributed by atoms with Crippen molar-refractivity contribution in [2.24, 2.45) is 0 Å². The minimum Gasteiger partial charge on any atom is -0.376 e. The SMILES string of the molecule is BrB(Br)Br.[CH2-]CCC.[Li+].c1ccc(N2c3cccc(c3)-c3ccccc3Cc3ccccc3-c3cccc2c3)cc1.c1ccc(N2c3cccc4c3B3c5c(cccc52)-c2ccccc2N3c2ccccc2-4)cc1. The maximum atomic E-state index is 3.60. The topological polar surface area (TPSA) is 9.72 Å². The van der Waals surface area contributed by atoms with Gasteiger partial charge in [-0.15, -0.1) is 47.3 Å². The van der Waals surface area contributed by atoms with Crippen molar-refractivity contribution in [1.82, 2.24) is 0 Å². The van der Waals surface area contributed by atoms with Crippen LogP contribution in [0, 0.1) is 6.92 Å². The number of hydrogen-bond acceptors (Lipinski definition) is 3. The van der Waals surface area contributed by atoms with E-state index < -0.39 is 0 Å². The summed E-state index contributed by atoms with van der Waals surface area (Å²) in [7, 11) is 0. The number of anilines is 8. The second-order valence-corrected chi connectivity index (χ2v) is 24.8. The van der Waals surface area contributed by atoms with Crippen molar-refractivity contribution >= 4 is 114 Å². The van der Waals surface area contributed by atoms with Gasteiger partial charge in [0.15, 0.2) is 0 Å². The van der Waals surface area contributed by atoms with Crippen LogP contribution in [0.1, 0.15) is 30.9 Å². The molecule has 0 aliphatic carbocycles. The molecular formula is C65H51B2Br3LiN3. The van der Waals surface area contributed by atoms with Gasteiger partial charge < -0.3 is 21.5 Å². The molecule has 0 atom stereocenters. The van der Waals surface area contributed by atoms with E-state index in [-0.39, 0.29) is 28.9 Å². The first-order chi connectivity index (χ1) is 35.9. The molecule has 3 nitrogen and oxygen atoms in total. The monoisotopic (exact) mass is 1140 g/mol. The van der Waals surface area contributed by atoms with E-state index in [2.05, 4.69) is 318 Å². The van der Waals surface area contributed by atoms with E-state index in [4.69, 9.17) is 0 Å². The van der Waals surface area contributed by atoms with Crippen LogP contribution in [0.4, 0.5) is 45.5 Å². The molecule has 74 heavy (non-hydrogen) atoms. The second-order valence-electron chi connectivity index (χ2n) is 18.3. The molecule has 4 aliphatic rings. The number of fused-ring (bicyclic) bond motifs is 14. The van der Waals surface area contributed by atoms with E-state index in [1.54, 1.807) is 0 Å². The Labute approximate surface area is 474 Å². The van der Waals surface area contributed by atoms with E-state index >= 15 is 0 Å². The summed E-state index contributed by atoms with van der Waals surface area (Å²) < 4.78 is 0.271. The Kier molecular flexibility index (Phi) is 16.0. The van der Waals surface area contributed by atoms with Gasteiger partial charge >= 0.3 is 28.9 Å². The largest absolute Gasteiger partial charge is 1.00 e. The molecule has 0 radical (unpaired) electrons. The zero-order chi connectivity index (χ0) is 49.8. The summed E-state index contributed by atoms with van der Waals surface area (Å²) in [5.41, 5.74) is 25.6. The molecule has 4 bridgehead atoms. The van der Waals surface area contributed by atoms with Crippen molar-refractivity contribution in [2.75, 3.05) is 14.6 Å². The maximum absolute atomic E-state index is 3.60. The molecule has 10 aromatic rings. The van der Waals surface area contributed by atoms with Gasteiger partial charge in [-0.3, -0.25) is 0 Å². The Morgan fingerprint density at radius 3 is 1.19 bits per heavy atom. The van der Waals surface area contributed by atoms with Gasteiger partial charge in [-0.25, -0.2) is 0 Å². The van der Waals surface area contributed by atoms with Crippen molar-refractivity contribution in [2.45, 2.75) is 26.2 Å². The van der Waals surface area contributed by atoms with Gasteiger partial charge in [-0.05, 0) is 135 Å². The Balaban J connectivity index is 0.000000147. The minimum absolute atomic E-state index is 0. The Morgan fingerprint density at radius 1 is 0.405 bits per heavy atom. The summed E-state index contributed by atoms with van der Waals surface area (Å²) in [6, 6.07) is 88.1. The van der Waals surface area contributed by atoms with Crippen LogP contribution in [0.3, 0.4) is 0 Å². The summed E-state index contributed by atoms with van der Waals surface area (Å²) in [6.45, 7) is 5.88. The summed E-state index contributed by atoms with van der Waals surface area (Å²) in [5, 5.41) is 0. The van der Waals surface area contributed by atoms with Crippen molar-refractivity contribution < 1.29 is 18.9 Å². The van der Waals surface area contributed by atoms with E-state index in [1.807, 2.05) is 0 Å². The standard InChI is InChI=1S/C31H23N.C30H19BN2.C4H9.BBr3.Li/c1-2-14-27(15-3-1)32-28-16-8-12-25(21-28)30-18-6-4-10-23(30)20-24-11-5-7-19-31(24)26-13-9-17-29(32)22-26;1-2-10-20(11-3-1)32-27-18-8-14-23-21-12-4-6-16-25(21)33-26-17-7-5-13-22(26)24-15-9-19-28(32)30(24)31(33)29(23)27;1-3-4-2;2-1(3)4;/h1-19,21-22H,20H2;1-19H;1,3-4H2,2H3;;/q;;-1;;+1. The number of benzene rings is 10. The van der Waals surface area contributed by atoms with E-state index in [9.17, 15) is 0 Å². The average Bonchev–Trinajstić information content (AvgIpc) is 3.47. The van der Waals surface area contributed by atoms with E-state index in [0.717, 1.165) is 29.9 Å². The molecule has 354 valence electrons. The summed E-state index contributed by atoms with van der Waals surface area (Å²) in [4.78, 5) is 7.37. The van der Waals surface area contributed by atoms with Crippen LogP contribution >= 0.6 is 47.3 Å². The molecule has 0 saturated carbocycles. The first-order valence-electron chi connectivity index (χ1n) is 25.0. The zero-order valence-electron chi connectivity index (χ0n) is 41.6. The molecule has 4 aliphatic heterocycles. The summed E-state index contributed by atoms with van der Waals surface area (Å²) in [6.07, 6.45) is 3.18. The van der Waals surface area contributed by atoms with Gasteiger partial charge in [-0.1, -0.05) is 183 Å². The molecule has 0 unspecified atom stereocenters. The fourth-order valence-electron chi connectivity index (χ4n) is 10.9. The van der Waals surface area contributed by atoms with Crippen molar-refractivity contribution in [3.05, 3.63) is 261 Å². The molecule has 0 fully saturated rings. The third-order valence-corrected chi connectivity index (χ3v) is 14.0. The smallest absolute Gasteiger partial charge is 0.376 e. The predicted molar refractivity (Wildman–Crippen MR) is 327 cm³/mol. The maximum Gasteiger partial charge on any atom is 1.00 e. The normalized spacial score (nSPS) is 12.2. The minimum atomic E-state index is 0. The fourth-order valence-corrected chi connectivity index (χ4v) is 10.9. The molecule has 0 amide bonds. The number of rotatable bonds is 3. The number of para-hydroxylation sites is 4. The fraction of sp³-hybridized carbons (Fsp3) is 0.0615. The number of unbranched alkanes of at least 4 members (excludes halogenated alkanes) is 1.